The Kier molecular flexibility index (Phi) is 10.1. The van der Waals surface area contributed by atoms with Gasteiger partial charge in [0.25, 0.3) is 0 Å². The molecule has 0 saturated heterocycles. The fraction of sp³-hybridized carbons (Fsp3) is 0.429. The summed E-state index contributed by atoms with van der Waals surface area (Å²) in [4.78, 5) is 3.11. The maximum Gasteiger partial charge on any atom is 0.0434 e. The zero-order valence-corrected chi connectivity index (χ0v) is 29.8. The summed E-state index contributed by atoms with van der Waals surface area (Å²) in [5.74, 6) is 0. The van der Waals surface area contributed by atoms with Crippen molar-refractivity contribution in [2.24, 2.45) is 0 Å². The van der Waals surface area contributed by atoms with E-state index in [1.807, 2.05) is 34.0 Å². The number of rotatable bonds is 16. The van der Waals surface area contributed by atoms with Gasteiger partial charge in [0.15, 0.2) is 0 Å². The van der Waals surface area contributed by atoms with Crippen LogP contribution in [0.15, 0.2) is 60.7 Å². The lowest BCUT2D eigenvalue weighted by atomic mass is 10.0. The lowest BCUT2D eigenvalue weighted by Gasteiger charge is -2.02. The predicted molar refractivity (Wildman–Crippen MR) is 209 cm³/mol. The average Bonchev–Trinajstić information content (AvgIpc) is 3.78. The molecule has 0 spiro atoms. The van der Waals surface area contributed by atoms with Crippen LogP contribution in [0.3, 0.4) is 0 Å². The van der Waals surface area contributed by atoms with Crippen LogP contribution >= 0.6 is 34.0 Å². The van der Waals surface area contributed by atoms with E-state index in [4.69, 9.17) is 0 Å². The maximum atomic E-state index is 2.51. The first kappa shape index (κ1) is 31.2. The Morgan fingerprint density at radius 1 is 0.356 bits per heavy atom. The molecule has 0 nitrogen and oxygen atoms in total. The summed E-state index contributed by atoms with van der Waals surface area (Å²) in [6.45, 7) is 4.60. The standard InChI is InChI=1S/C42H48S3/c1-3-5-7-9-11-13-15-17-29-27-37-31-19-21-35-36-22-20-32-34(42(36)45-41(35)33(31)23-25-39(37)43-29)24-26-40-38(32)28-30(44-40)18-16-14-12-10-8-6-4-2/h19-28H,3-18H2,1-2H3. The van der Waals surface area contributed by atoms with Crippen LogP contribution in [-0.4, -0.2) is 0 Å². The van der Waals surface area contributed by atoms with Gasteiger partial charge >= 0.3 is 0 Å². The van der Waals surface area contributed by atoms with Gasteiger partial charge in [0.2, 0.25) is 0 Å². The van der Waals surface area contributed by atoms with Gasteiger partial charge < -0.3 is 0 Å². The third-order valence-corrected chi connectivity index (χ3v) is 13.6. The average molecular weight is 649 g/mol. The van der Waals surface area contributed by atoms with Gasteiger partial charge in [0, 0.05) is 60.9 Å². The van der Waals surface area contributed by atoms with Crippen LogP contribution < -0.4 is 0 Å². The van der Waals surface area contributed by atoms with Crippen molar-refractivity contribution >= 4 is 95.9 Å². The van der Waals surface area contributed by atoms with Crippen molar-refractivity contribution in [2.75, 3.05) is 0 Å². The number of thiophene rings is 3. The van der Waals surface area contributed by atoms with Gasteiger partial charge in [0.05, 0.1) is 0 Å². The smallest absolute Gasteiger partial charge is 0.0434 e. The second-order valence-corrected chi connectivity index (χ2v) is 16.7. The molecule has 3 heterocycles. The van der Waals surface area contributed by atoms with Gasteiger partial charge in [-0.2, -0.15) is 0 Å². The Labute approximate surface area is 281 Å². The topological polar surface area (TPSA) is 0 Å². The Bertz CT molecular complexity index is 1900. The third kappa shape index (κ3) is 6.55. The Balaban J connectivity index is 1.14. The lowest BCUT2D eigenvalue weighted by molar-refractivity contribution is 0.590. The van der Waals surface area contributed by atoms with Crippen molar-refractivity contribution in [1.82, 2.24) is 0 Å². The normalized spacial score (nSPS) is 12.3. The van der Waals surface area contributed by atoms with Crippen LogP contribution in [0.4, 0.5) is 0 Å². The van der Waals surface area contributed by atoms with Gasteiger partial charge in [0.1, 0.15) is 0 Å². The van der Waals surface area contributed by atoms with Crippen molar-refractivity contribution in [3.63, 3.8) is 0 Å². The molecule has 3 heteroatoms. The van der Waals surface area contributed by atoms with E-state index in [1.165, 1.54) is 165 Å². The first-order valence-corrected chi connectivity index (χ1v) is 20.3. The van der Waals surface area contributed by atoms with Crippen LogP contribution in [0.5, 0.6) is 0 Å². The summed E-state index contributed by atoms with van der Waals surface area (Å²) in [7, 11) is 0. The SMILES string of the molecule is CCCCCCCCCc1cc2c(ccc3c2ccc2c4ccc5c6cc(CCCCCCCCC)sc6ccc5c4sc32)s1. The van der Waals surface area contributed by atoms with E-state index >= 15 is 0 Å². The highest BCUT2D eigenvalue weighted by Crippen LogP contribution is 2.45. The molecule has 0 saturated carbocycles. The second kappa shape index (κ2) is 14.5. The molecule has 4 aromatic carbocycles. The molecule has 0 aliphatic rings. The second-order valence-electron chi connectivity index (χ2n) is 13.3. The van der Waals surface area contributed by atoms with E-state index in [1.54, 1.807) is 9.75 Å². The van der Waals surface area contributed by atoms with E-state index in [2.05, 4.69) is 74.5 Å². The molecular weight excluding hydrogens is 601 g/mol. The Morgan fingerprint density at radius 2 is 0.711 bits per heavy atom. The zero-order chi connectivity index (χ0) is 30.6. The molecule has 234 valence electrons. The molecule has 0 amide bonds. The van der Waals surface area contributed by atoms with E-state index in [0.29, 0.717) is 0 Å². The molecule has 0 bridgehead atoms. The van der Waals surface area contributed by atoms with E-state index < -0.39 is 0 Å². The molecule has 0 aliphatic carbocycles. The van der Waals surface area contributed by atoms with Gasteiger partial charge in [-0.05, 0) is 60.7 Å². The van der Waals surface area contributed by atoms with Crippen molar-refractivity contribution in [3.05, 3.63) is 70.4 Å². The van der Waals surface area contributed by atoms with E-state index in [0.717, 1.165) is 0 Å². The molecular formula is C42H48S3. The summed E-state index contributed by atoms with van der Waals surface area (Å²) in [6.07, 6.45) is 21.7. The summed E-state index contributed by atoms with van der Waals surface area (Å²) in [6, 6.07) is 24.2. The van der Waals surface area contributed by atoms with Gasteiger partial charge in [-0.3, -0.25) is 0 Å². The minimum absolute atomic E-state index is 1.23. The monoisotopic (exact) mass is 648 g/mol. The van der Waals surface area contributed by atoms with Crippen LogP contribution in [0.1, 0.15) is 113 Å². The minimum Gasteiger partial charge on any atom is -0.140 e. The largest absolute Gasteiger partial charge is 0.140 e. The van der Waals surface area contributed by atoms with Crippen molar-refractivity contribution in [3.8, 4) is 0 Å². The number of hydrogen-bond acceptors (Lipinski definition) is 3. The Hall–Kier alpha value is -2.46. The summed E-state index contributed by atoms with van der Waals surface area (Å²) in [5.41, 5.74) is 0. The summed E-state index contributed by atoms with van der Waals surface area (Å²) < 4.78 is 5.78. The van der Waals surface area contributed by atoms with Crippen molar-refractivity contribution < 1.29 is 0 Å². The highest BCUT2D eigenvalue weighted by Gasteiger charge is 2.15. The Morgan fingerprint density at radius 3 is 1.16 bits per heavy atom. The molecule has 0 fully saturated rings. The van der Waals surface area contributed by atoms with Crippen LogP contribution in [0, 0.1) is 0 Å². The summed E-state index contributed by atoms with van der Waals surface area (Å²) in [5, 5.41) is 11.4. The number of fused-ring (bicyclic) bond motifs is 11. The lowest BCUT2D eigenvalue weighted by Crippen LogP contribution is -1.83. The van der Waals surface area contributed by atoms with E-state index in [-0.39, 0.29) is 0 Å². The fourth-order valence-corrected chi connectivity index (χ4v) is 11.0. The van der Waals surface area contributed by atoms with Gasteiger partial charge in [-0.25, -0.2) is 0 Å². The third-order valence-electron chi connectivity index (χ3n) is 9.95. The first-order valence-electron chi connectivity index (χ1n) is 17.9. The van der Waals surface area contributed by atoms with E-state index in [9.17, 15) is 0 Å². The highest BCUT2D eigenvalue weighted by molar-refractivity contribution is 7.27. The molecule has 7 aromatic rings. The molecule has 3 aromatic heterocycles. The molecule has 0 aliphatic heterocycles. The van der Waals surface area contributed by atoms with Crippen LogP contribution in [0.25, 0.3) is 61.9 Å². The highest BCUT2D eigenvalue weighted by atomic mass is 32.1. The number of benzene rings is 4. The number of unbranched alkanes of at least 4 members (excludes halogenated alkanes) is 12. The quantitative estimate of drug-likeness (QED) is 0.0915. The minimum atomic E-state index is 1.23. The molecule has 0 radical (unpaired) electrons. The molecule has 0 unspecified atom stereocenters. The maximum absolute atomic E-state index is 2.51. The predicted octanol–water partition coefficient (Wildman–Crippen LogP) is 15.4. The van der Waals surface area contributed by atoms with Crippen molar-refractivity contribution in [2.45, 2.75) is 117 Å². The fourth-order valence-electron chi connectivity index (χ4n) is 7.41. The first-order chi connectivity index (χ1) is 22.2. The number of hydrogen-bond donors (Lipinski definition) is 0. The van der Waals surface area contributed by atoms with Crippen molar-refractivity contribution in [1.29, 1.82) is 0 Å². The number of aryl methyl sites for hydroxylation is 2. The summed E-state index contributed by atoms with van der Waals surface area (Å²) >= 11 is 6.03. The molecule has 0 atom stereocenters. The molecule has 45 heavy (non-hydrogen) atoms. The van der Waals surface area contributed by atoms with Gasteiger partial charge in [-0.1, -0.05) is 127 Å². The van der Waals surface area contributed by atoms with Gasteiger partial charge in [-0.15, -0.1) is 34.0 Å². The zero-order valence-electron chi connectivity index (χ0n) is 27.3. The molecule has 0 N–H and O–H groups in total. The molecule has 7 rings (SSSR count). The van der Waals surface area contributed by atoms with Crippen LogP contribution in [0.2, 0.25) is 0 Å². The van der Waals surface area contributed by atoms with Crippen LogP contribution in [-0.2, 0) is 12.8 Å².